The van der Waals surface area contributed by atoms with Crippen molar-refractivity contribution in [2.75, 3.05) is 26.0 Å². The van der Waals surface area contributed by atoms with Crippen molar-refractivity contribution in [2.45, 2.75) is 0 Å². The Morgan fingerprint density at radius 1 is 0.966 bits per heavy atom. The van der Waals surface area contributed by atoms with Gasteiger partial charge in [-0.2, -0.15) is 0 Å². The van der Waals surface area contributed by atoms with Crippen molar-refractivity contribution < 1.29 is 19.1 Å². The molecule has 0 unspecified atom stereocenters. The van der Waals surface area contributed by atoms with Crippen LogP contribution in [0, 0.1) is 0 Å². The summed E-state index contributed by atoms with van der Waals surface area (Å²) in [5.74, 6) is -1.12. The predicted molar refractivity (Wildman–Crippen MR) is 113 cm³/mol. The minimum atomic E-state index is -0.541. The summed E-state index contributed by atoms with van der Waals surface area (Å²) in [7, 11) is 3.34. The van der Waals surface area contributed by atoms with E-state index in [1.807, 2.05) is 41.8 Å². The number of anilines is 1. The maximum Gasteiger partial charge on any atom is 0.349 e. The van der Waals surface area contributed by atoms with E-state index in [9.17, 15) is 14.4 Å². The van der Waals surface area contributed by atoms with E-state index < -0.39 is 18.5 Å². The van der Waals surface area contributed by atoms with Crippen molar-refractivity contribution in [2.24, 2.45) is 0 Å². The van der Waals surface area contributed by atoms with Crippen LogP contribution in [0.5, 0.6) is 0 Å². The maximum atomic E-state index is 12.4. The van der Waals surface area contributed by atoms with Gasteiger partial charge < -0.3 is 15.0 Å². The second kappa shape index (κ2) is 9.16. The van der Waals surface area contributed by atoms with Crippen molar-refractivity contribution >= 4 is 34.8 Å². The van der Waals surface area contributed by atoms with E-state index in [0.717, 1.165) is 11.1 Å². The summed E-state index contributed by atoms with van der Waals surface area (Å²) in [6.45, 7) is -0.399. The van der Waals surface area contributed by atoms with E-state index in [1.54, 1.807) is 38.4 Å². The van der Waals surface area contributed by atoms with Gasteiger partial charge in [-0.1, -0.05) is 30.3 Å². The molecule has 2 amide bonds. The molecule has 0 aliphatic carbocycles. The van der Waals surface area contributed by atoms with Crippen LogP contribution < -0.4 is 5.32 Å². The second-order valence-electron chi connectivity index (χ2n) is 6.43. The maximum absolute atomic E-state index is 12.4. The highest BCUT2D eigenvalue weighted by Gasteiger charge is 2.17. The molecule has 0 spiro atoms. The standard InChI is InChI=1S/C22H20N2O4S/c1-24(2)21(26)16-8-10-17(11-9-16)23-19(25)14-28-22(27)20-18(12-13-29-20)15-6-4-3-5-7-15/h3-13H,14H2,1-2H3,(H,23,25). The molecule has 1 heterocycles. The van der Waals surface area contributed by atoms with E-state index in [1.165, 1.54) is 16.2 Å². The molecule has 7 heteroatoms. The molecule has 2 aromatic carbocycles. The average molecular weight is 408 g/mol. The average Bonchev–Trinajstić information content (AvgIpc) is 3.22. The minimum absolute atomic E-state index is 0.123. The van der Waals surface area contributed by atoms with Gasteiger partial charge in [0.1, 0.15) is 4.88 Å². The molecule has 0 bridgehead atoms. The number of carbonyl (C=O) groups excluding carboxylic acids is 3. The molecule has 29 heavy (non-hydrogen) atoms. The van der Waals surface area contributed by atoms with E-state index in [2.05, 4.69) is 5.32 Å². The summed E-state index contributed by atoms with van der Waals surface area (Å²) in [5.41, 5.74) is 2.73. The first-order valence-electron chi connectivity index (χ1n) is 8.87. The Balaban J connectivity index is 1.57. The van der Waals surface area contributed by atoms with Crippen LogP contribution in [0.3, 0.4) is 0 Å². The van der Waals surface area contributed by atoms with Crippen LogP contribution in [0.1, 0.15) is 20.0 Å². The van der Waals surface area contributed by atoms with Crippen molar-refractivity contribution in [3.8, 4) is 11.1 Å². The number of hydrogen-bond donors (Lipinski definition) is 1. The minimum Gasteiger partial charge on any atom is -0.451 e. The van der Waals surface area contributed by atoms with Crippen molar-refractivity contribution in [3.63, 3.8) is 0 Å². The van der Waals surface area contributed by atoms with Gasteiger partial charge in [0.15, 0.2) is 6.61 Å². The van der Waals surface area contributed by atoms with Crippen molar-refractivity contribution in [1.82, 2.24) is 4.90 Å². The van der Waals surface area contributed by atoms with E-state index >= 15 is 0 Å². The molecular formula is C22H20N2O4S. The Morgan fingerprint density at radius 2 is 1.66 bits per heavy atom. The highest BCUT2D eigenvalue weighted by atomic mass is 32.1. The molecule has 0 aliphatic rings. The molecule has 3 rings (SSSR count). The number of nitrogens with zero attached hydrogens (tertiary/aromatic N) is 1. The summed E-state index contributed by atoms with van der Waals surface area (Å²) in [6, 6.07) is 17.9. The van der Waals surface area contributed by atoms with Crippen LogP contribution in [0.15, 0.2) is 66.0 Å². The van der Waals surface area contributed by atoms with Crippen LogP contribution >= 0.6 is 11.3 Å². The Kier molecular flexibility index (Phi) is 6.41. The zero-order valence-electron chi connectivity index (χ0n) is 16.0. The summed E-state index contributed by atoms with van der Waals surface area (Å²) >= 11 is 1.27. The van der Waals surface area contributed by atoms with Crippen LogP contribution in [0.4, 0.5) is 5.69 Å². The Labute approximate surface area is 172 Å². The Hall–Kier alpha value is -3.45. The second-order valence-corrected chi connectivity index (χ2v) is 7.35. The lowest BCUT2D eigenvalue weighted by atomic mass is 10.1. The molecule has 0 radical (unpaired) electrons. The number of esters is 1. The molecule has 1 aromatic heterocycles. The molecule has 0 saturated carbocycles. The normalized spacial score (nSPS) is 10.3. The van der Waals surface area contributed by atoms with E-state index in [-0.39, 0.29) is 5.91 Å². The zero-order valence-corrected chi connectivity index (χ0v) is 16.9. The molecule has 0 atom stereocenters. The number of hydrogen-bond acceptors (Lipinski definition) is 5. The van der Waals surface area contributed by atoms with Crippen LogP contribution in [-0.2, 0) is 9.53 Å². The molecule has 1 N–H and O–H groups in total. The van der Waals surface area contributed by atoms with E-state index in [4.69, 9.17) is 4.74 Å². The Morgan fingerprint density at radius 3 is 2.31 bits per heavy atom. The quantitative estimate of drug-likeness (QED) is 0.628. The lowest BCUT2D eigenvalue weighted by Gasteiger charge is -2.11. The number of amides is 2. The molecule has 148 valence electrons. The van der Waals surface area contributed by atoms with Gasteiger partial charge in [-0.05, 0) is 41.3 Å². The number of ether oxygens (including phenoxy) is 1. The fraction of sp³-hybridized carbons (Fsp3) is 0.136. The summed E-state index contributed by atoms with van der Waals surface area (Å²) in [6.07, 6.45) is 0. The number of nitrogens with one attached hydrogen (secondary N) is 1. The molecule has 3 aromatic rings. The Bertz CT molecular complexity index is 1010. The van der Waals surface area contributed by atoms with Gasteiger partial charge in [-0.3, -0.25) is 9.59 Å². The smallest absolute Gasteiger partial charge is 0.349 e. The third kappa shape index (κ3) is 5.08. The first kappa shape index (κ1) is 20.3. The lowest BCUT2D eigenvalue weighted by Crippen LogP contribution is -2.22. The van der Waals surface area contributed by atoms with Crippen LogP contribution in [0.2, 0.25) is 0 Å². The molecule has 6 nitrogen and oxygen atoms in total. The van der Waals surface area contributed by atoms with Gasteiger partial charge in [0.05, 0.1) is 0 Å². The zero-order chi connectivity index (χ0) is 20.8. The van der Waals surface area contributed by atoms with E-state index in [0.29, 0.717) is 16.1 Å². The van der Waals surface area contributed by atoms with Crippen LogP contribution in [-0.4, -0.2) is 43.4 Å². The molecule has 0 aliphatic heterocycles. The summed E-state index contributed by atoms with van der Waals surface area (Å²) in [5, 5.41) is 4.46. The van der Waals surface area contributed by atoms with Gasteiger partial charge in [-0.15, -0.1) is 11.3 Å². The third-order valence-electron chi connectivity index (χ3n) is 4.09. The number of benzene rings is 2. The highest BCUT2D eigenvalue weighted by Crippen LogP contribution is 2.28. The van der Waals surface area contributed by atoms with Crippen molar-refractivity contribution in [3.05, 3.63) is 76.5 Å². The number of carbonyl (C=O) groups is 3. The van der Waals surface area contributed by atoms with Gasteiger partial charge in [0.25, 0.3) is 11.8 Å². The summed E-state index contributed by atoms with van der Waals surface area (Å²) in [4.78, 5) is 38.3. The monoisotopic (exact) mass is 408 g/mol. The summed E-state index contributed by atoms with van der Waals surface area (Å²) < 4.78 is 5.17. The van der Waals surface area contributed by atoms with Gasteiger partial charge in [0.2, 0.25) is 0 Å². The lowest BCUT2D eigenvalue weighted by molar-refractivity contribution is -0.119. The molecule has 0 saturated heterocycles. The largest absolute Gasteiger partial charge is 0.451 e. The highest BCUT2D eigenvalue weighted by molar-refractivity contribution is 7.12. The van der Waals surface area contributed by atoms with Gasteiger partial charge >= 0.3 is 5.97 Å². The fourth-order valence-electron chi connectivity index (χ4n) is 2.66. The van der Waals surface area contributed by atoms with Gasteiger partial charge in [-0.25, -0.2) is 4.79 Å². The van der Waals surface area contributed by atoms with Crippen molar-refractivity contribution in [1.29, 1.82) is 0 Å². The molecule has 0 fully saturated rings. The SMILES string of the molecule is CN(C)C(=O)c1ccc(NC(=O)COC(=O)c2sccc2-c2ccccc2)cc1. The predicted octanol–water partition coefficient (Wildman–Crippen LogP) is 3.91. The third-order valence-corrected chi connectivity index (χ3v) is 4.99. The number of rotatable bonds is 6. The van der Waals surface area contributed by atoms with Crippen LogP contribution in [0.25, 0.3) is 11.1 Å². The van der Waals surface area contributed by atoms with Gasteiger partial charge in [0, 0.05) is 30.9 Å². The first-order chi connectivity index (χ1) is 14.0. The fourth-order valence-corrected chi connectivity index (χ4v) is 3.47. The molecular weight excluding hydrogens is 388 g/mol. The first-order valence-corrected chi connectivity index (χ1v) is 9.75. The number of thiophene rings is 1. The topological polar surface area (TPSA) is 75.7 Å².